The molecule has 4 nitrogen and oxygen atoms in total. The molecule has 1 aromatic rings. The third-order valence-corrected chi connectivity index (χ3v) is 8.39. The van der Waals surface area contributed by atoms with Crippen LogP contribution in [-0.4, -0.2) is 61.1 Å². The van der Waals surface area contributed by atoms with Crippen LogP contribution in [0.3, 0.4) is 0 Å². The topological polar surface area (TPSA) is 32.8 Å². The lowest BCUT2D eigenvalue weighted by molar-refractivity contribution is -0.141. The fourth-order valence-electron chi connectivity index (χ4n) is 5.85. The van der Waals surface area contributed by atoms with Gasteiger partial charge in [-0.3, -0.25) is 9.69 Å². The smallest absolute Gasteiger partial charge is 0.225 e. The summed E-state index contributed by atoms with van der Waals surface area (Å²) in [5.74, 6) is 1.56. The molecular formula is C28H44N2O2. The Morgan fingerprint density at radius 2 is 1.62 bits per heavy atom. The maximum Gasteiger partial charge on any atom is 0.225 e. The number of aryl methyl sites for hydroxylation is 1. The fourth-order valence-corrected chi connectivity index (χ4v) is 5.85. The fraction of sp³-hybridized carbons (Fsp3) is 0.750. The predicted molar refractivity (Wildman–Crippen MR) is 131 cm³/mol. The summed E-state index contributed by atoms with van der Waals surface area (Å²) in [5.41, 5.74) is 4.60. The molecule has 4 heteroatoms. The summed E-state index contributed by atoms with van der Waals surface area (Å²) in [4.78, 5) is 16.9. The number of ether oxygens (including phenoxy) is 1. The Kier molecular flexibility index (Phi) is 8.65. The largest absolute Gasteiger partial charge is 0.378 e. The maximum atomic E-state index is 12.2. The number of hydrogen-bond acceptors (Lipinski definition) is 3. The minimum absolute atomic E-state index is 0.306. The van der Waals surface area contributed by atoms with Crippen LogP contribution in [0.2, 0.25) is 0 Å². The van der Waals surface area contributed by atoms with Gasteiger partial charge < -0.3 is 9.64 Å². The molecule has 2 heterocycles. The van der Waals surface area contributed by atoms with E-state index in [1.165, 1.54) is 70.0 Å². The van der Waals surface area contributed by atoms with Gasteiger partial charge in [-0.2, -0.15) is 0 Å². The number of amides is 1. The zero-order valence-electron chi connectivity index (χ0n) is 20.5. The molecular weight excluding hydrogens is 396 g/mol. The van der Waals surface area contributed by atoms with Crippen LogP contribution < -0.4 is 0 Å². The van der Waals surface area contributed by atoms with E-state index in [4.69, 9.17) is 4.74 Å². The van der Waals surface area contributed by atoms with E-state index in [-0.39, 0.29) is 0 Å². The Hall–Kier alpha value is -1.39. The van der Waals surface area contributed by atoms with Crippen molar-refractivity contribution in [1.82, 2.24) is 9.80 Å². The van der Waals surface area contributed by atoms with E-state index >= 15 is 0 Å². The highest BCUT2D eigenvalue weighted by Crippen LogP contribution is 2.32. The van der Waals surface area contributed by atoms with Gasteiger partial charge in [-0.25, -0.2) is 0 Å². The molecule has 3 fully saturated rings. The van der Waals surface area contributed by atoms with Gasteiger partial charge in [0.25, 0.3) is 0 Å². The lowest BCUT2D eigenvalue weighted by Crippen LogP contribution is -2.44. The summed E-state index contributed by atoms with van der Waals surface area (Å²) >= 11 is 0. The van der Waals surface area contributed by atoms with Crippen molar-refractivity contribution < 1.29 is 9.53 Å². The molecule has 0 atom stereocenters. The van der Waals surface area contributed by atoms with Crippen molar-refractivity contribution in [3.8, 4) is 0 Å². The summed E-state index contributed by atoms with van der Waals surface area (Å²) in [7, 11) is 0. The first-order chi connectivity index (χ1) is 15.6. The quantitative estimate of drug-likeness (QED) is 0.662. The molecule has 32 heavy (non-hydrogen) atoms. The molecule has 0 N–H and O–H groups in total. The number of carbonyl (C=O) groups is 1. The molecule has 2 aliphatic carbocycles. The van der Waals surface area contributed by atoms with Crippen LogP contribution in [0.15, 0.2) is 18.2 Å². The average molecular weight is 441 g/mol. The third kappa shape index (κ3) is 6.14. The molecule has 0 aromatic heterocycles. The van der Waals surface area contributed by atoms with Gasteiger partial charge in [0.1, 0.15) is 0 Å². The maximum absolute atomic E-state index is 12.2. The highest BCUT2D eigenvalue weighted by molar-refractivity contribution is 5.79. The van der Waals surface area contributed by atoms with Gasteiger partial charge >= 0.3 is 0 Å². The van der Waals surface area contributed by atoms with Crippen LogP contribution >= 0.6 is 0 Å². The van der Waals surface area contributed by atoms with Crippen LogP contribution in [-0.2, 0) is 22.4 Å². The summed E-state index contributed by atoms with van der Waals surface area (Å²) in [5, 5.41) is 0. The van der Waals surface area contributed by atoms with E-state index in [9.17, 15) is 4.79 Å². The van der Waals surface area contributed by atoms with Crippen LogP contribution in [0.1, 0.15) is 75.0 Å². The van der Waals surface area contributed by atoms with Crippen LogP contribution in [0, 0.1) is 18.8 Å². The summed E-state index contributed by atoms with van der Waals surface area (Å²) in [6.07, 6.45) is 12.8. The second kappa shape index (κ2) is 11.7. The minimum atomic E-state index is 0.306. The lowest BCUT2D eigenvalue weighted by atomic mass is 9.80. The van der Waals surface area contributed by atoms with Gasteiger partial charge in [0.2, 0.25) is 5.91 Å². The minimum Gasteiger partial charge on any atom is -0.378 e. The molecule has 2 aliphatic heterocycles. The van der Waals surface area contributed by atoms with Crippen LogP contribution in [0.5, 0.6) is 0 Å². The van der Waals surface area contributed by atoms with Crippen molar-refractivity contribution >= 4 is 5.91 Å². The normalized spacial score (nSPS) is 26.9. The highest BCUT2D eigenvalue weighted by Gasteiger charge is 2.29. The van der Waals surface area contributed by atoms with E-state index in [2.05, 4.69) is 36.9 Å². The Labute approximate surface area is 195 Å². The number of morpholine rings is 1. The monoisotopic (exact) mass is 440 g/mol. The Bertz CT molecular complexity index is 731. The first-order valence-corrected chi connectivity index (χ1v) is 13.3. The number of hydrogen-bond donors (Lipinski definition) is 0. The molecule has 0 bridgehead atoms. The molecule has 1 aromatic carbocycles. The Balaban J connectivity index is 0.000000153. The molecule has 0 unspecified atom stereocenters. The van der Waals surface area contributed by atoms with E-state index in [1.807, 2.05) is 4.90 Å². The SMILES string of the molecule is CCC1CCC(C(=O)N2CCOCC2)CC1.Cc1ccc2c(c1)CCN(C1CCC1)CC2. The summed E-state index contributed by atoms with van der Waals surface area (Å²) in [6, 6.07) is 7.90. The predicted octanol–water partition coefficient (Wildman–Crippen LogP) is 5.01. The van der Waals surface area contributed by atoms with Crippen LogP contribution in [0.4, 0.5) is 0 Å². The highest BCUT2D eigenvalue weighted by atomic mass is 16.5. The molecule has 2 saturated carbocycles. The number of nitrogens with zero attached hydrogens (tertiary/aromatic N) is 2. The number of fused-ring (bicyclic) bond motifs is 1. The lowest BCUT2D eigenvalue weighted by Gasteiger charge is -2.36. The third-order valence-electron chi connectivity index (χ3n) is 8.39. The first-order valence-electron chi connectivity index (χ1n) is 13.3. The summed E-state index contributed by atoms with van der Waals surface area (Å²) < 4.78 is 5.28. The van der Waals surface area contributed by atoms with Crippen molar-refractivity contribution in [1.29, 1.82) is 0 Å². The Morgan fingerprint density at radius 1 is 0.938 bits per heavy atom. The standard InChI is InChI=1S/C15H21N.C13H23NO2/c1-12-5-6-13-7-9-16(15-3-2-4-15)10-8-14(13)11-12;1-2-11-3-5-12(6-4-11)13(15)14-7-9-16-10-8-14/h5-6,11,15H,2-4,7-10H2,1H3;11-12H,2-10H2,1H3. The Morgan fingerprint density at radius 3 is 2.25 bits per heavy atom. The zero-order chi connectivity index (χ0) is 22.3. The van der Waals surface area contributed by atoms with E-state index in [1.54, 1.807) is 11.1 Å². The van der Waals surface area contributed by atoms with E-state index in [0.29, 0.717) is 11.8 Å². The molecule has 1 saturated heterocycles. The van der Waals surface area contributed by atoms with Gasteiger partial charge in [0.15, 0.2) is 0 Å². The molecule has 1 amide bonds. The molecule has 178 valence electrons. The van der Waals surface area contributed by atoms with Gasteiger partial charge in [-0.1, -0.05) is 43.5 Å². The van der Waals surface area contributed by atoms with Gasteiger partial charge in [0.05, 0.1) is 13.2 Å². The molecule has 0 spiro atoms. The van der Waals surface area contributed by atoms with Gasteiger partial charge in [0, 0.05) is 38.1 Å². The number of rotatable bonds is 3. The average Bonchev–Trinajstić information content (AvgIpc) is 3.01. The number of benzene rings is 1. The second-order valence-electron chi connectivity index (χ2n) is 10.5. The molecule has 4 aliphatic rings. The molecule has 5 rings (SSSR count). The summed E-state index contributed by atoms with van der Waals surface area (Å²) in [6.45, 7) is 10.1. The van der Waals surface area contributed by atoms with Crippen molar-refractivity contribution in [2.45, 2.75) is 84.1 Å². The van der Waals surface area contributed by atoms with Crippen molar-refractivity contribution in [2.24, 2.45) is 11.8 Å². The van der Waals surface area contributed by atoms with Crippen molar-refractivity contribution in [3.05, 3.63) is 34.9 Å². The van der Waals surface area contributed by atoms with Gasteiger partial charge in [-0.05, 0) is 75.3 Å². The van der Waals surface area contributed by atoms with Crippen molar-refractivity contribution in [3.63, 3.8) is 0 Å². The molecule has 0 radical (unpaired) electrons. The second-order valence-corrected chi connectivity index (χ2v) is 10.5. The van der Waals surface area contributed by atoms with E-state index < -0.39 is 0 Å². The zero-order valence-corrected chi connectivity index (χ0v) is 20.5. The van der Waals surface area contributed by atoms with Crippen LogP contribution in [0.25, 0.3) is 0 Å². The first kappa shape index (κ1) is 23.8. The van der Waals surface area contributed by atoms with E-state index in [0.717, 1.165) is 51.1 Å². The van der Waals surface area contributed by atoms with Crippen molar-refractivity contribution in [2.75, 3.05) is 39.4 Å². The van der Waals surface area contributed by atoms with Gasteiger partial charge in [-0.15, -0.1) is 0 Å². The number of carbonyl (C=O) groups excluding carboxylic acids is 1.